The molecule has 2 aromatic rings. The molecule has 1 aliphatic carbocycles. The van der Waals surface area contributed by atoms with Crippen LogP contribution in [0.25, 0.3) is 5.47 Å². The molecule has 0 unspecified atom stereocenters. The monoisotopic (exact) mass is 400 g/mol. The van der Waals surface area contributed by atoms with Gasteiger partial charge in [0, 0.05) is 5.56 Å². The number of methoxy groups -OCH3 is 2. The Morgan fingerprint density at radius 2 is 1.80 bits per heavy atom. The molecule has 2 radical (unpaired) electrons. The van der Waals surface area contributed by atoms with Gasteiger partial charge in [0.05, 0.1) is 29.8 Å². The number of hydrogen-bond donors (Lipinski definition) is 0. The molecule has 0 saturated heterocycles. The fourth-order valence-corrected chi connectivity index (χ4v) is 2.88. The Bertz CT molecular complexity index is 956. The first-order valence-electron chi connectivity index (χ1n) is 7.03. The second-order valence-corrected chi connectivity index (χ2v) is 5.93. The summed E-state index contributed by atoms with van der Waals surface area (Å²) < 4.78 is 15.5. The zero-order valence-electron chi connectivity index (χ0n) is 13.2. The van der Waals surface area contributed by atoms with Crippen LogP contribution in [0.1, 0.15) is 32.0 Å². The molecule has 1 aromatic carbocycles. The summed E-state index contributed by atoms with van der Waals surface area (Å²) in [6.07, 6.45) is 1.12. The lowest BCUT2D eigenvalue weighted by Crippen LogP contribution is -2.23. The summed E-state index contributed by atoms with van der Waals surface area (Å²) in [4.78, 5) is 37.1. The summed E-state index contributed by atoms with van der Waals surface area (Å²) in [7, 11) is 8.71. The fourth-order valence-electron chi connectivity index (χ4n) is 2.52. The third-order valence-corrected chi connectivity index (χ3v) is 4.58. The van der Waals surface area contributed by atoms with Crippen molar-refractivity contribution in [2.75, 3.05) is 14.2 Å². The van der Waals surface area contributed by atoms with Crippen molar-refractivity contribution in [3.8, 4) is 11.5 Å². The summed E-state index contributed by atoms with van der Waals surface area (Å²) >= 11 is 2.96. The van der Waals surface area contributed by atoms with Gasteiger partial charge in [-0.05, 0) is 39.6 Å². The minimum absolute atomic E-state index is 0.000279. The molecule has 0 bridgehead atoms. The Labute approximate surface area is 152 Å². The molecular weight excluding hydrogens is 391 g/mol. The van der Waals surface area contributed by atoms with Crippen LogP contribution in [0.5, 0.6) is 11.5 Å². The highest BCUT2D eigenvalue weighted by molar-refractivity contribution is 9.12. The van der Waals surface area contributed by atoms with Gasteiger partial charge < -0.3 is 13.9 Å². The van der Waals surface area contributed by atoms with E-state index in [1.807, 2.05) is 0 Å². The van der Waals surface area contributed by atoms with E-state index in [0.29, 0.717) is 11.5 Å². The molecule has 1 aliphatic rings. The molecule has 3 rings (SSSR count). The maximum Gasteiger partial charge on any atom is 0.240 e. The summed E-state index contributed by atoms with van der Waals surface area (Å²) in [6.45, 7) is 0. The van der Waals surface area contributed by atoms with Crippen molar-refractivity contribution >= 4 is 46.6 Å². The zero-order valence-corrected chi connectivity index (χ0v) is 14.8. The van der Waals surface area contributed by atoms with E-state index in [4.69, 9.17) is 21.7 Å². The quantitative estimate of drug-likeness (QED) is 0.445. The van der Waals surface area contributed by atoms with Crippen molar-refractivity contribution in [3.05, 3.63) is 51.4 Å². The molecule has 0 aliphatic heterocycles. The molecule has 0 amide bonds. The van der Waals surface area contributed by atoms with Gasteiger partial charge in [0.2, 0.25) is 11.6 Å². The Balaban J connectivity index is 2.11. The summed E-state index contributed by atoms with van der Waals surface area (Å²) in [6, 6.07) is 4.56. The lowest BCUT2D eigenvalue weighted by molar-refractivity contribution is -0.111. The third kappa shape index (κ3) is 2.62. The summed E-state index contributed by atoms with van der Waals surface area (Å²) in [5, 5.41) is 0. The highest BCUT2D eigenvalue weighted by atomic mass is 79.9. The number of hydrogen-bond acceptors (Lipinski definition) is 6. The van der Waals surface area contributed by atoms with Gasteiger partial charge in [0.15, 0.2) is 17.3 Å². The standard InChI is InChI=1S/C17H10BBrO6/c1-23-9-4-3-7(5-10(9)24-2)14(20)8-6-25-17-11(8)15(21)16(22)13(19)12(17)18/h3-6H,1-2H3. The lowest BCUT2D eigenvalue weighted by atomic mass is 9.82. The first-order valence-corrected chi connectivity index (χ1v) is 7.82. The average molecular weight is 401 g/mol. The first kappa shape index (κ1) is 17.2. The number of carbonyl (C=O) groups is 3. The number of Topliss-reactive ketones (excluding diaryl/α,β-unsaturated/α-hetero) is 2. The van der Waals surface area contributed by atoms with Crippen LogP contribution >= 0.6 is 15.9 Å². The first-order chi connectivity index (χ1) is 11.9. The number of ether oxygens (including phenoxy) is 2. The van der Waals surface area contributed by atoms with Crippen LogP contribution in [0.3, 0.4) is 0 Å². The van der Waals surface area contributed by atoms with Crippen LogP contribution in [0, 0.1) is 0 Å². The molecule has 1 heterocycles. The van der Waals surface area contributed by atoms with Gasteiger partial charge >= 0.3 is 0 Å². The van der Waals surface area contributed by atoms with Gasteiger partial charge in [-0.15, -0.1) is 0 Å². The number of benzene rings is 1. The molecule has 0 spiro atoms. The third-order valence-electron chi connectivity index (χ3n) is 3.80. The predicted molar refractivity (Wildman–Crippen MR) is 92.6 cm³/mol. The molecule has 6 nitrogen and oxygen atoms in total. The zero-order chi connectivity index (χ0) is 18.3. The van der Waals surface area contributed by atoms with Crippen LogP contribution in [0.15, 0.2) is 33.4 Å². The van der Waals surface area contributed by atoms with Crippen molar-refractivity contribution in [1.82, 2.24) is 0 Å². The minimum atomic E-state index is -0.853. The maximum atomic E-state index is 12.8. The smallest absolute Gasteiger partial charge is 0.240 e. The Morgan fingerprint density at radius 1 is 1.12 bits per heavy atom. The largest absolute Gasteiger partial charge is 0.493 e. The molecule has 1 aromatic heterocycles. The van der Waals surface area contributed by atoms with Gasteiger partial charge in [0.25, 0.3) is 0 Å². The highest BCUT2D eigenvalue weighted by Gasteiger charge is 2.36. The van der Waals surface area contributed by atoms with Crippen LogP contribution in [0.2, 0.25) is 0 Å². The normalized spacial score (nSPS) is 13.7. The number of furan rings is 1. The topological polar surface area (TPSA) is 82.8 Å². The van der Waals surface area contributed by atoms with E-state index < -0.39 is 17.3 Å². The van der Waals surface area contributed by atoms with Gasteiger partial charge in [-0.1, -0.05) is 0 Å². The second-order valence-electron chi connectivity index (χ2n) is 5.14. The van der Waals surface area contributed by atoms with E-state index >= 15 is 0 Å². The van der Waals surface area contributed by atoms with E-state index in [0.717, 1.165) is 6.26 Å². The Morgan fingerprint density at radius 3 is 2.44 bits per heavy atom. The van der Waals surface area contributed by atoms with E-state index in [1.54, 1.807) is 6.07 Å². The lowest BCUT2D eigenvalue weighted by Gasteiger charge is -2.12. The molecular formula is C17H10BBrO6. The van der Waals surface area contributed by atoms with E-state index in [-0.39, 0.29) is 32.4 Å². The summed E-state index contributed by atoms with van der Waals surface area (Å²) in [5.74, 6) is -1.37. The molecule has 8 heteroatoms. The Hall–Kier alpha value is -2.61. The number of carbonyl (C=O) groups excluding carboxylic acids is 3. The highest BCUT2D eigenvalue weighted by Crippen LogP contribution is 2.35. The average Bonchev–Trinajstić information content (AvgIpc) is 3.08. The number of rotatable bonds is 4. The number of fused-ring (bicyclic) bond motifs is 1. The fraction of sp³-hybridized carbons (Fsp3) is 0.118. The van der Waals surface area contributed by atoms with Crippen molar-refractivity contribution in [1.29, 1.82) is 0 Å². The Kier molecular flexibility index (Phi) is 4.38. The minimum Gasteiger partial charge on any atom is -0.493 e. The molecule has 0 N–H and O–H groups in total. The predicted octanol–water partition coefficient (Wildman–Crippen LogP) is 2.53. The molecule has 0 atom stereocenters. The van der Waals surface area contributed by atoms with Crippen LogP contribution in [-0.4, -0.2) is 39.4 Å². The van der Waals surface area contributed by atoms with Crippen LogP contribution in [0.4, 0.5) is 0 Å². The van der Waals surface area contributed by atoms with Crippen molar-refractivity contribution < 1.29 is 28.3 Å². The number of allylic oxidation sites excluding steroid dienone is 1. The second kappa shape index (κ2) is 6.36. The van der Waals surface area contributed by atoms with Gasteiger partial charge in [-0.25, -0.2) is 0 Å². The van der Waals surface area contributed by atoms with Crippen LogP contribution in [-0.2, 0) is 4.79 Å². The van der Waals surface area contributed by atoms with Crippen molar-refractivity contribution in [2.45, 2.75) is 0 Å². The number of ketones is 3. The molecule has 124 valence electrons. The van der Waals surface area contributed by atoms with Crippen molar-refractivity contribution in [2.24, 2.45) is 0 Å². The molecule has 0 fully saturated rings. The van der Waals surface area contributed by atoms with Gasteiger partial charge in [-0.2, -0.15) is 0 Å². The van der Waals surface area contributed by atoms with Gasteiger partial charge in [0.1, 0.15) is 19.9 Å². The van der Waals surface area contributed by atoms with Gasteiger partial charge in [-0.3, -0.25) is 14.4 Å². The molecule has 25 heavy (non-hydrogen) atoms. The molecule has 0 saturated carbocycles. The van der Waals surface area contributed by atoms with E-state index in [9.17, 15) is 14.4 Å². The van der Waals surface area contributed by atoms with E-state index in [1.165, 1.54) is 26.4 Å². The van der Waals surface area contributed by atoms with E-state index in [2.05, 4.69) is 15.9 Å². The summed E-state index contributed by atoms with van der Waals surface area (Å²) in [5.41, 5.74) is 0.0497. The number of halogens is 1. The van der Waals surface area contributed by atoms with Crippen LogP contribution < -0.4 is 9.47 Å². The maximum absolute atomic E-state index is 12.8. The SMILES string of the molecule is [B]C1=C(Br)C(=O)C(=O)c2c(C(=O)c3ccc(OC)c(OC)c3)coc21. The van der Waals surface area contributed by atoms with Crippen molar-refractivity contribution in [3.63, 3.8) is 0 Å².